The normalized spacial score (nSPS) is 18.3. The van der Waals surface area contributed by atoms with Gasteiger partial charge in [0.05, 0.1) is 5.69 Å². The van der Waals surface area contributed by atoms with Crippen molar-refractivity contribution in [3.63, 3.8) is 0 Å². The number of hydrogen-bond acceptors (Lipinski definition) is 4. The van der Waals surface area contributed by atoms with E-state index >= 15 is 0 Å². The second-order valence-electron chi connectivity index (χ2n) is 4.53. The predicted molar refractivity (Wildman–Crippen MR) is 73.1 cm³/mol. The number of ether oxygens (including phenoxy) is 1. The molecule has 0 aliphatic carbocycles. The van der Waals surface area contributed by atoms with E-state index < -0.39 is 30.0 Å². The van der Waals surface area contributed by atoms with Crippen LogP contribution in [0.4, 0.5) is 10.5 Å². The van der Waals surface area contributed by atoms with Crippen molar-refractivity contribution in [2.24, 2.45) is 0 Å². The molecule has 1 heterocycles. The molecule has 0 saturated heterocycles. The number of carbonyl (C=O) groups excluding carboxylic acids is 2. The highest BCUT2D eigenvalue weighted by Gasteiger charge is 2.28. The second-order valence-corrected chi connectivity index (χ2v) is 4.53. The van der Waals surface area contributed by atoms with Gasteiger partial charge in [-0.05, 0) is 19.1 Å². The Morgan fingerprint density at radius 3 is 2.86 bits per heavy atom. The van der Waals surface area contributed by atoms with Crippen LogP contribution in [-0.2, 0) is 9.59 Å². The molecule has 112 valence electrons. The third kappa shape index (κ3) is 3.62. The third-order valence-corrected chi connectivity index (χ3v) is 2.92. The summed E-state index contributed by atoms with van der Waals surface area (Å²) in [4.78, 5) is 34.3. The number of hydrogen-bond donors (Lipinski definition) is 4. The highest BCUT2D eigenvalue weighted by molar-refractivity contribution is 5.99. The van der Waals surface area contributed by atoms with E-state index in [1.807, 2.05) is 5.32 Å². The molecule has 1 aromatic carbocycles. The molecule has 8 heteroatoms. The van der Waals surface area contributed by atoms with Crippen LogP contribution < -0.4 is 20.7 Å². The topological polar surface area (TPSA) is 117 Å². The molecule has 0 unspecified atom stereocenters. The van der Waals surface area contributed by atoms with Crippen LogP contribution in [0.15, 0.2) is 24.3 Å². The monoisotopic (exact) mass is 293 g/mol. The number of rotatable bonds is 3. The number of nitrogens with one attached hydrogen (secondary N) is 3. The molecule has 3 amide bonds. The zero-order valence-electron chi connectivity index (χ0n) is 11.3. The van der Waals surface area contributed by atoms with E-state index in [0.29, 0.717) is 11.4 Å². The summed E-state index contributed by atoms with van der Waals surface area (Å²) in [6.45, 7) is 1.35. The van der Waals surface area contributed by atoms with Crippen LogP contribution in [0.25, 0.3) is 0 Å². The first-order valence-corrected chi connectivity index (χ1v) is 6.30. The highest BCUT2D eigenvalue weighted by Crippen LogP contribution is 2.25. The number of para-hydroxylation sites is 2. The van der Waals surface area contributed by atoms with Gasteiger partial charge in [0.15, 0.2) is 0 Å². The van der Waals surface area contributed by atoms with Gasteiger partial charge in [0.25, 0.3) is 5.91 Å². The maximum absolute atomic E-state index is 12.0. The fourth-order valence-corrected chi connectivity index (χ4v) is 1.82. The number of anilines is 1. The lowest BCUT2D eigenvalue weighted by Crippen LogP contribution is -2.52. The number of carbonyl (C=O) groups is 3. The molecule has 0 fully saturated rings. The lowest BCUT2D eigenvalue weighted by Gasteiger charge is -2.17. The first kappa shape index (κ1) is 14.6. The van der Waals surface area contributed by atoms with Crippen LogP contribution in [0.1, 0.15) is 6.92 Å². The molecule has 21 heavy (non-hydrogen) atoms. The Morgan fingerprint density at radius 2 is 2.14 bits per heavy atom. The molecule has 0 bridgehead atoms. The molecule has 0 saturated carbocycles. The summed E-state index contributed by atoms with van der Waals surface area (Å²) < 4.78 is 5.46. The van der Waals surface area contributed by atoms with Gasteiger partial charge in [-0.2, -0.15) is 0 Å². The van der Waals surface area contributed by atoms with E-state index in [1.54, 1.807) is 24.3 Å². The van der Waals surface area contributed by atoms with Gasteiger partial charge in [0.2, 0.25) is 5.91 Å². The smallest absolute Gasteiger partial charge is 0.405 e. The number of amides is 3. The summed E-state index contributed by atoms with van der Waals surface area (Å²) in [5, 5.41) is 15.7. The number of benzene rings is 1. The fraction of sp³-hybridized carbons (Fsp3) is 0.308. The number of fused-ring (bicyclic) bond motifs is 1. The quantitative estimate of drug-likeness (QED) is 0.633. The Labute approximate surface area is 120 Å². The van der Waals surface area contributed by atoms with E-state index in [4.69, 9.17) is 9.84 Å². The Morgan fingerprint density at radius 1 is 1.43 bits per heavy atom. The summed E-state index contributed by atoms with van der Waals surface area (Å²) in [6.07, 6.45) is -1.31. The molecule has 2 atom stereocenters. The predicted octanol–water partition coefficient (Wildman–Crippen LogP) is 0.158. The van der Waals surface area contributed by atoms with E-state index in [-0.39, 0.29) is 6.61 Å². The summed E-state index contributed by atoms with van der Waals surface area (Å²) in [5.74, 6) is -0.512. The SMILES string of the molecule is C[C@H](NC(=O)O)C(=O)N[C@H]1COc2ccccc2NC1=O. The van der Waals surface area contributed by atoms with Gasteiger partial charge < -0.3 is 25.8 Å². The summed E-state index contributed by atoms with van der Waals surface area (Å²) >= 11 is 0. The van der Waals surface area contributed by atoms with E-state index in [9.17, 15) is 14.4 Å². The Balaban J connectivity index is 2.01. The molecule has 0 radical (unpaired) electrons. The van der Waals surface area contributed by atoms with Crippen LogP contribution in [-0.4, -0.2) is 41.7 Å². The summed E-state index contributed by atoms with van der Waals surface area (Å²) in [7, 11) is 0. The molecular formula is C13H15N3O5. The lowest BCUT2D eigenvalue weighted by atomic mass is 10.2. The maximum atomic E-state index is 12.0. The standard InChI is InChI=1S/C13H15N3O5/c1-7(14-13(19)20)11(17)16-9-6-21-10-5-3-2-4-8(10)15-12(9)18/h2-5,7,9,14H,6H2,1H3,(H,15,18)(H,16,17)(H,19,20)/t7-,9-/m0/s1. The second kappa shape index (κ2) is 6.12. The molecular weight excluding hydrogens is 278 g/mol. The van der Waals surface area contributed by atoms with Gasteiger partial charge in [-0.25, -0.2) is 4.79 Å². The third-order valence-electron chi connectivity index (χ3n) is 2.92. The molecule has 2 rings (SSSR count). The maximum Gasteiger partial charge on any atom is 0.405 e. The van der Waals surface area contributed by atoms with Gasteiger partial charge >= 0.3 is 6.09 Å². The number of carboxylic acid groups (broad SMARTS) is 1. The first-order chi connectivity index (χ1) is 9.97. The average Bonchev–Trinajstić information content (AvgIpc) is 2.58. The van der Waals surface area contributed by atoms with Crippen LogP contribution in [0.5, 0.6) is 5.75 Å². The van der Waals surface area contributed by atoms with Gasteiger partial charge in [0.1, 0.15) is 24.4 Å². The van der Waals surface area contributed by atoms with Crippen molar-refractivity contribution in [3.05, 3.63) is 24.3 Å². The van der Waals surface area contributed by atoms with E-state index in [2.05, 4.69) is 10.6 Å². The van der Waals surface area contributed by atoms with Crippen molar-refractivity contribution >= 4 is 23.6 Å². The van der Waals surface area contributed by atoms with Crippen molar-refractivity contribution in [1.82, 2.24) is 10.6 Å². The Hall–Kier alpha value is -2.77. The van der Waals surface area contributed by atoms with Gasteiger partial charge in [-0.3, -0.25) is 9.59 Å². The Bertz CT molecular complexity index is 575. The lowest BCUT2D eigenvalue weighted by molar-refractivity contribution is -0.127. The summed E-state index contributed by atoms with van der Waals surface area (Å²) in [5.41, 5.74) is 0.524. The minimum atomic E-state index is -1.31. The van der Waals surface area contributed by atoms with Gasteiger partial charge in [-0.15, -0.1) is 0 Å². The minimum Gasteiger partial charge on any atom is -0.489 e. The first-order valence-electron chi connectivity index (χ1n) is 6.30. The van der Waals surface area contributed by atoms with Crippen molar-refractivity contribution in [2.75, 3.05) is 11.9 Å². The molecule has 4 N–H and O–H groups in total. The van der Waals surface area contributed by atoms with Crippen LogP contribution in [0, 0.1) is 0 Å². The van der Waals surface area contributed by atoms with Crippen molar-refractivity contribution < 1.29 is 24.2 Å². The highest BCUT2D eigenvalue weighted by atomic mass is 16.5. The fourth-order valence-electron chi connectivity index (χ4n) is 1.82. The van der Waals surface area contributed by atoms with Crippen molar-refractivity contribution in [1.29, 1.82) is 0 Å². The zero-order chi connectivity index (χ0) is 15.4. The van der Waals surface area contributed by atoms with E-state index in [0.717, 1.165) is 0 Å². The molecule has 1 aliphatic rings. The van der Waals surface area contributed by atoms with Crippen molar-refractivity contribution in [3.8, 4) is 5.75 Å². The minimum absolute atomic E-state index is 0.0334. The molecule has 1 aromatic rings. The van der Waals surface area contributed by atoms with Gasteiger partial charge in [-0.1, -0.05) is 12.1 Å². The van der Waals surface area contributed by atoms with Crippen LogP contribution in [0.3, 0.4) is 0 Å². The molecule has 0 aromatic heterocycles. The van der Waals surface area contributed by atoms with Gasteiger partial charge in [0, 0.05) is 0 Å². The summed E-state index contributed by atoms with van der Waals surface area (Å²) in [6, 6.07) is 5.03. The molecule has 0 spiro atoms. The molecule has 1 aliphatic heterocycles. The zero-order valence-corrected chi connectivity index (χ0v) is 11.3. The molecule has 8 nitrogen and oxygen atoms in total. The Kier molecular flexibility index (Phi) is 4.27. The van der Waals surface area contributed by atoms with Crippen LogP contribution >= 0.6 is 0 Å². The average molecular weight is 293 g/mol. The van der Waals surface area contributed by atoms with Crippen LogP contribution in [0.2, 0.25) is 0 Å². The largest absolute Gasteiger partial charge is 0.489 e. The van der Waals surface area contributed by atoms with Crippen molar-refractivity contribution in [2.45, 2.75) is 19.0 Å². The van der Waals surface area contributed by atoms with E-state index in [1.165, 1.54) is 6.92 Å².